The molecule has 9 heteroatoms. The fraction of sp³-hybridized carbons (Fsp3) is 0.407. The zero-order chi connectivity index (χ0) is 25.3. The molecule has 3 aromatic rings. The average molecular weight is 512 g/mol. The van der Waals surface area contributed by atoms with Gasteiger partial charge in [-0.25, -0.2) is 4.98 Å². The van der Waals surface area contributed by atoms with Crippen molar-refractivity contribution in [1.82, 2.24) is 14.8 Å². The number of morpholine rings is 1. The van der Waals surface area contributed by atoms with Crippen molar-refractivity contribution in [2.24, 2.45) is 0 Å². The van der Waals surface area contributed by atoms with Crippen LogP contribution in [-0.2, 0) is 24.5 Å². The minimum atomic E-state index is -0.0927. The van der Waals surface area contributed by atoms with Crippen LogP contribution >= 0.6 is 11.3 Å². The third-order valence-corrected chi connectivity index (χ3v) is 6.96. The molecule has 0 bridgehead atoms. The molecule has 0 unspecified atom stereocenters. The van der Waals surface area contributed by atoms with E-state index in [-0.39, 0.29) is 19.1 Å². The van der Waals surface area contributed by atoms with Gasteiger partial charge in [0.2, 0.25) is 0 Å². The zero-order valence-electron chi connectivity index (χ0n) is 20.8. The first-order valence-electron chi connectivity index (χ1n) is 12.1. The van der Waals surface area contributed by atoms with Crippen LogP contribution in [-0.4, -0.2) is 72.3 Å². The third kappa shape index (κ3) is 7.04. The molecule has 0 spiro atoms. The van der Waals surface area contributed by atoms with Crippen molar-refractivity contribution in [2.45, 2.75) is 26.7 Å². The highest BCUT2D eigenvalue weighted by Gasteiger charge is 2.20. The van der Waals surface area contributed by atoms with Crippen molar-refractivity contribution in [2.75, 3.05) is 46.5 Å². The Hall–Kier alpha value is -2.98. The Morgan fingerprint density at radius 2 is 1.94 bits per heavy atom. The normalized spacial score (nSPS) is 14.0. The number of aryl methyl sites for hydroxylation is 1. The fourth-order valence-electron chi connectivity index (χ4n) is 4.00. The van der Waals surface area contributed by atoms with Crippen molar-refractivity contribution < 1.29 is 24.1 Å². The second-order valence-electron chi connectivity index (χ2n) is 8.71. The molecule has 1 aliphatic heterocycles. The van der Waals surface area contributed by atoms with Crippen molar-refractivity contribution in [3.63, 3.8) is 0 Å². The summed E-state index contributed by atoms with van der Waals surface area (Å²) in [5.41, 5.74) is 3.37. The van der Waals surface area contributed by atoms with E-state index in [1.807, 2.05) is 59.7 Å². The van der Waals surface area contributed by atoms with Crippen molar-refractivity contribution in [3.05, 3.63) is 75.2 Å². The third-order valence-electron chi connectivity index (χ3n) is 6.09. The first-order valence-corrected chi connectivity index (χ1v) is 12.9. The summed E-state index contributed by atoms with van der Waals surface area (Å²) in [6.45, 7) is 7.24. The number of thiazole rings is 1. The van der Waals surface area contributed by atoms with Gasteiger partial charge in [0, 0.05) is 43.7 Å². The highest BCUT2D eigenvalue weighted by Crippen LogP contribution is 2.30. The van der Waals surface area contributed by atoms with Crippen molar-refractivity contribution in [1.29, 1.82) is 0 Å². The summed E-state index contributed by atoms with van der Waals surface area (Å²) in [7, 11) is 1.60. The number of aromatic nitrogens is 1. The van der Waals surface area contributed by atoms with E-state index in [0.29, 0.717) is 35.8 Å². The van der Waals surface area contributed by atoms with Gasteiger partial charge < -0.3 is 24.2 Å². The lowest BCUT2D eigenvalue weighted by Crippen LogP contribution is -2.42. The standard InChI is InChI=1S/C27H33N3O5S/c1-20-3-6-22(7-4-20)27(32)30(10-9-29-11-13-34-14-12-29)16-21-5-8-24(33-2)25(15-21)35-18-26-28-23(17-31)19-36-26/h3-8,15,19,31H,9-14,16-18H2,1-2H3. The number of carbonyl (C=O) groups is 1. The van der Waals surface area contributed by atoms with Gasteiger partial charge in [-0.05, 0) is 36.8 Å². The van der Waals surface area contributed by atoms with Crippen LogP contribution < -0.4 is 9.47 Å². The topological polar surface area (TPSA) is 84.4 Å². The highest BCUT2D eigenvalue weighted by molar-refractivity contribution is 7.09. The fourth-order valence-corrected chi connectivity index (χ4v) is 4.69. The molecule has 2 aromatic carbocycles. The Balaban J connectivity index is 1.50. The van der Waals surface area contributed by atoms with Crippen LogP contribution in [0.3, 0.4) is 0 Å². The van der Waals surface area contributed by atoms with E-state index >= 15 is 0 Å². The molecule has 2 heterocycles. The molecule has 1 saturated heterocycles. The Bertz CT molecular complexity index is 1130. The number of carbonyl (C=O) groups excluding carboxylic acids is 1. The summed E-state index contributed by atoms with van der Waals surface area (Å²) in [6, 6.07) is 13.4. The minimum absolute atomic E-state index is 0.000800. The Morgan fingerprint density at radius 1 is 1.17 bits per heavy atom. The molecule has 4 rings (SSSR count). The predicted molar refractivity (Wildman–Crippen MR) is 139 cm³/mol. The van der Waals surface area contributed by atoms with Crippen molar-refractivity contribution >= 4 is 17.2 Å². The molecule has 0 radical (unpaired) electrons. The molecule has 8 nitrogen and oxygen atoms in total. The van der Waals surface area contributed by atoms with Gasteiger partial charge in [0.05, 0.1) is 32.6 Å². The van der Waals surface area contributed by atoms with Gasteiger partial charge in [0.15, 0.2) is 11.5 Å². The Morgan fingerprint density at radius 3 is 2.64 bits per heavy atom. The lowest BCUT2D eigenvalue weighted by Gasteiger charge is -2.30. The molecular weight excluding hydrogens is 478 g/mol. The van der Waals surface area contributed by atoms with Crippen LogP contribution in [0.25, 0.3) is 0 Å². The molecule has 1 N–H and O–H groups in total. The van der Waals surface area contributed by atoms with Crippen LogP contribution in [0.5, 0.6) is 11.5 Å². The Labute approximate surface area is 216 Å². The van der Waals surface area contributed by atoms with E-state index in [0.717, 1.165) is 49.0 Å². The number of rotatable bonds is 11. The number of aliphatic hydroxyl groups is 1. The summed E-state index contributed by atoms with van der Waals surface area (Å²) >= 11 is 1.44. The summed E-state index contributed by atoms with van der Waals surface area (Å²) in [5, 5.41) is 11.8. The molecule has 0 saturated carbocycles. The lowest BCUT2D eigenvalue weighted by atomic mass is 10.1. The zero-order valence-corrected chi connectivity index (χ0v) is 21.6. The van der Waals surface area contributed by atoms with E-state index < -0.39 is 0 Å². The van der Waals surface area contributed by atoms with Crippen LogP contribution in [0.1, 0.15) is 32.2 Å². The monoisotopic (exact) mass is 511 g/mol. The van der Waals surface area contributed by atoms with Crippen LogP contribution in [0, 0.1) is 6.92 Å². The molecule has 1 aromatic heterocycles. The number of amides is 1. The van der Waals surface area contributed by atoms with Crippen LogP contribution in [0.4, 0.5) is 0 Å². The number of benzene rings is 2. The number of hydrogen-bond donors (Lipinski definition) is 1. The molecule has 1 fully saturated rings. The summed E-state index contributed by atoms with van der Waals surface area (Å²) in [4.78, 5) is 22.0. The first-order chi connectivity index (χ1) is 17.6. The van der Waals surface area contributed by atoms with Gasteiger partial charge in [0.25, 0.3) is 5.91 Å². The highest BCUT2D eigenvalue weighted by atomic mass is 32.1. The van der Waals surface area contributed by atoms with E-state index in [1.54, 1.807) is 7.11 Å². The maximum atomic E-state index is 13.5. The minimum Gasteiger partial charge on any atom is -0.493 e. The quantitative estimate of drug-likeness (QED) is 0.422. The van der Waals surface area contributed by atoms with E-state index in [1.165, 1.54) is 11.3 Å². The molecule has 0 atom stereocenters. The van der Waals surface area contributed by atoms with Crippen molar-refractivity contribution in [3.8, 4) is 11.5 Å². The van der Waals surface area contributed by atoms with Gasteiger partial charge in [-0.2, -0.15) is 0 Å². The first kappa shape index (κ1) is 26.1. The second kappa shape index (κ2) is 12.8. The number of hydrogen-bond acceptors (Lipinski definition) is 8. The molecule has 1 amide bonds. The number of methoxy groups -OCH3 is 1. The molecule has 1 aliphatic rings. The molecule has 0 aliphatic carbocycles. The van der Waals surface area contributed by atoms with Crippen LogP contribution in [0.15, 0.2) is 47.8 Å². The summed E-state index contributed by atoms with van der Waals surface area (Å²) in [6.07, 6.45) is 0. The maximum Gasteiger partial charge on any atom is 0.254 e. The van der Waals surface area contributed by atoms with Crippen LogP contribution in [0.2, 0.25) is 0 Å². The summed E-state index contributed by atoms with van der Waals surface area (Å²) < 4.78 is 17.0. The lowest BCUT2D eigenvalue weighted by molar-refractivity contribution is 0.0320. The van der Waals surface area contributed by atoms with E-state index in [4.69, 9.17) is 14.2 Å². The predicted octanol–water partition coefficient (Wildman–Crippen LogP) is 3.51. The van der Waals surface area contributed by atoms with Gasteiger partial charge in [-0.1, -0.05) is 23.8 Å². The van der Waals surface area contributed by atoms with Gasteiger partial charge >= 0.3 is 0 Å². The van der Waals surface area contributed by atoms with Gasteiger partial charge in [-0.3, -0.25) is 9.69 Å². The average Bonchev–Trinajstić information content (AvgIpc) is 3.39. The summed E-state index contributed by atoms with van der Waals surface area (Å²) in [5.74, 6) is 1.20. The van der Waals surface area contributed by atoms with E-state index in [2.05, 4.69) is 9.88 Å². The molecule has 36 heavy (non-hydrogen) atoms. The SMILES string of the molecule is COc1ccc(CN(CCN2CCOCC2)C(=O)c2ccc(C)cc2)cc1OCc1nc(CO)cs1. The Kier molecular flexibility index (Phi) is 9.29. The van der Waals surface area contributed by atoms with Gasteiger partial charge in [-0.15, -0.1) is 11.3 Å². The second-order valence-corrected chi connectivity index (χ2v) is 9.65. The largest absolute Gasteiger partial charge is 0.493 e. The molecular formula is C27H33N3O5S. The maximum absolute atomic E-state index is 13.5. The number of nitrogens with zero attached hydrogens (tertiary/aromatic N) is 3. The van der Waals surface area contributed by atoms with Gasteiger partial charge in [0.1, 0.15) is 11.6 Å². The smallest absolute Gasteiger partial charge is 0.254 e. The molecule has 192 valence electrons. The van der Waals surface area contributed by atoms with E-state index in [9.17, 15) is 9.90 Å². The number of ether oxygens (including phenoxy) is 3. The number of aliphatic hydroxyl groups excluding tert-OH is 1.